The molecule has 22 heavy (non-hydrogen) atoms. The van der Waals surface area contributed by atoms with Gasteiger partial charge >= 0.3 is 5.97 Å². The average Bonchev–Trinajstić information content (AvgIpc) is 2.78. The first-order valence-electron chi connectivity index (χ1n) is 6.53. The zero-order valence-electron chi connectivity index (χ0n) is 12.3. The maximum atomic E-state index is 13.3. The van der Waals surface area contributed by atoms with Crippen molar-refractivity contribution in [1.29, 1.82) is 0 Å². The van der Waals surface area contributed by atoms with E-state index in [1.54, 1.807) is 13.8 Å². The molecular weight excluding hydrogens is 307 g/mol. The van der Waals surface area contributed by atoms with Crippen LogP contribution >= 0.6 is 11.3 Å². The summed E-state index contributed by atoms with van der Waals surface area (Å²) in [5, 5.41) is 12.5. The Morgan fingerprint density at radius 2 is 2.00 bits per heavy atom. The van der Waals surface area contributed by atoms with Crippen LogP contribution in [0.25, 0.3) is 0 Å². The summed E-state index contributed by atoms with van der Waals surface area (Å²) in [6.45, 7) is 5.00. The Balaban J connectivity index is 2.29. The van der Waals surface area contributed by atoms with Gasteiger partial charge in [-0.3, -0.25) is 4.79 Å². The number of nitrogens with zero attached hydrogens (tertiary/aromatic N) is 1. The summed E-state index contributed by atoms with van der Waals surface area (Å²) in [7, 11) is 0. The van der Waals surface area contributed by atoms with Crippen molar-refractivity contribution in [2.45, 2.75) is 26.8 Å². The van der Waals surface area contributed by atoms with Gasteiger partial charge in [0.1, 0.15) is 10.7 Å². The molecule has 0 fully saturated rings. The van der Waals surface area contributed by atoms with Gasteiger partial charge in [-0.2, -0.15) is 0 Å². The Morgan fingerprint density at radius 3 is 2.50 bits per heavy atom. The van der Waals surface area contributed by atoms with Crippen LogP contribution < -0.4 is 5.32 Å². The molecule has 0 bridgehead atoms. The lowest BCUT2D eigenvalue weighted by atomic mass is 10.0. The van der Waals surface area contributed by atoms with E-state index in [4.69, 9.17) is 0 Å². The van der Waals surface area contributed by atoms with Crippen molar-refractivity contribution < 1.29 is 19.1 Å². The third-order valence-electron chi connectivity index (χ3n) is 3.15. The Kier molecular flexibility index (Phi) is 4.56. The molecular formula is C15H15FN2O3S. The zero-order chi connectivity index (χ0) is 16.4. The van der Waals surface area contributed by atoms with Crippen molar-refractivity contribution in [2.75, 3.05) is 0 Å². The summed E-state index contributed by atoms with van der Waals surface area (Å²) in [5.74, 6) is -2.14. The molecule has 5 nitrogen and oxygen atoms in total. The van der Waals surface area contributed by atoms with Gasteiger partial charge in [-0.25, -0.2) is 14.2 Å². The molecule has 1 atom stereocenters. The summed E-state index contributed by atoms with van der Waals surface area (Å²) >= 11 is 1.20. The van der Waals surface area contributed by atoms with Crippen molar-refractivity contribution in [3.8, 4) is 0 Å². The lowest BCUT2D eigenvalue weighted by Gasteiger charge is -2.15. The van der Waals surface area contributed by atoms with Crippen molar-refractivity contribution in [3.05, 3.63) is 50.7 Å². The molecule has 0 aliphatic carbocycles. The molecule has 1 aromatic carbocycles. The average molecular weight is 322 g/mol. The standard InChI is InChI=1S/C15H15FN2O3S/c1-7-6-10(4-5-11(7)16)12(15(20)21)18-14(19)13-8(2)17-9(3)22-13/h4-6,12H,1-3H3,(H,18,19)(H,20,21). The smallest absolute Gasteiger partial charge is 0.330 e. The van der Waals surface area contributed by atoms with Gasteiger partial charge in [-0.15, -0.1) is 11.3 Å². The van der Waals surface area contributed by atoms with Crippen LogP contribution in [-0.2, 0) is 4.79 Å². The second kappa shape index (κ2) is 6.23. The summed E-state index contributed by atoms with van der Waals surface area (Å²) < 4.78 is 13.3. The highest BCUT2D eigenvalue weighted by Crippen LogP contribution is 2.21. The quantitative estimate of drug-likeness (QED) is 0.907. The molecule has 0 saturated carbocycles. The SMILES string of the molecule is Cc1nc(C)c(C(=O)NC(C(=O)O)c2ccc(F)c(C)c2)s1. The van der Waals surface area contributed by atoms with E-state index in [0.717, 1.165) is 5.01 Å². The number of aryl methyl sites for hydroxylation is 3. The van der Waals surface area contributed by atoms with E-state index in [1.165, 1.54) is 36.5 Å². The molecule has 7 heteroatoms. The fourth-order valence-corrected chi connectivity index (χ4v) is 2.90. The Labute approximate surface area is 130 Å². The molecule has 1 amide bonds. The zero-order valence-corrected chi connectivity index (χ0v) is 13.1. The molecule has 0 radical (unpaired) electrons. The Hall–Kier alpha value is -2.28. The van der Waals surface area contributed by atoms with Crippen molar-refractivity contribution in [3.63, 3.8) is 0 Å². The lowest BCUT2D eigenvalue weighted by Crippen LogP contribution is -2.33. The molecule has 0 aliphatic rings. The molecule has 116 valence electrons. The van der Waals surface area contributed by atoms with E-state index >= 15 is 0 Å². The minimum Gasteiger partial charge on any atom is -0.479 e. The van der Waals surface area contributed by atoms with E-state index in [0.29, 0.717) is 21.7 Å². The second-order valence-corrected chi connectivity index (χ2v) is 6.10. The Morgan fingerprint density at radius 1 is 1.32 bits per heavy atom. The summed E-state index contributed by atoms with van der Waals surface area (Å²) in [6.07, 6.45) is 0. The van der Waals surface area contributed by atoms with Crippen LogP contribution in [0.15, 0.2) is 18.2 Å². The highest BCUT2D eigenvalue weighted by molar-refractivity contribution is 7.13. The van der Waals surface area contributed by atoms with Gasteiger partial charge in [0.2, 0.25) is 0 Å². The van der Waals surface area contributed by atoms with Crippen LogP contribution in [0, 0.1) is 26.6 Å². The molecule has 2 N–H and O–H groups in total. The van der Waals surface area contributed by atoms with Gasteiger partial charge in [-0.1, -0.05) is 12.1 Å². The normalized spacial score (nSPS) is 12.0. The lowest BCUT2D eigenvalue weighted by molar-refractivity contribution is -0.139. The molecule has 0 saturated heterocycles. The number of nitrogens with one attached hydrogen (secondary N) is 1. The van der Waals surface area contributed by atoms with E-state index in [-0.39, 0.29) is 0 Å². The third-order valence-corrected chi connectivity index (χ3v) is 4.22. The number of amides is 1. The van der Waals surface area contributed by atoms with Gasteiger partial charge < -0.3 is 10.4 Å². The number of aromatic nitrogens is 1. The van der Waals surface area contributed by atoms with Crippen LogP contribution in [0.3, 0.4) is 0 Å². The minimum atomic E-state index is -1.24. The van der Waals surface area contributed by atoms with Crippen LogP contribution in [0.1, 0.15) is 37.5 Å². The van der Waals surface area contributed by atoms with Crippen LogP contribution in [0.2, 0.25) is 0 Å². The molecule has 1 heterocycles. The predicted octanol–water partition coefficient (Wildman–Crippen LogP) is 2.76. The van der Waals surface area contributed by atoms with Crippen molar-refractivity contribution in [2.24, 2.45) is 0 Å². The van der Waals surface area contributed by atoms with Crippen LogP contribution in [0.5, 0.6) is 0 Å². The highest BCUT2D eigenvalue weighted by Gasteiger charge is 2.25. The summed E-state index contributed by atoms with van der Waals surface area (Å²) in [5.41, 5.74) is 1.20. The number of hydrogen-bond donors (Lipinski definition) is 2. The first-order valence-corrected chi connectivity index (χ1v) is 7.35. The number of carbonyl (C=O) groups is 2. The molecule has 1 unspecified atom stereocenters. The third kappa shape index (κ3) is 3.30. The number of carboxylic acids is 1. The molecule has 2 aromatic rings. The molecule has 2 rings (SSSR count). The maximum Gasteiger partial charge on any atom is 0.330 e. The Bertz CT molecular complexity index is 742. The van der Waals surface area contributed by atoms with E-state index in [9.17, 15) is 19.1 Å². The largest absolute Gasteiger partial charge is 0.479 e. The number of carboxylic acid groups (broad SMARTS) is 1. The first kappa shape index (κ1) is 16.1. The number of rotatable bonds is 4. The number of thiazole rings is 1. The number of hydrogen-bond acceptors (Lipinski definition) is 4. The van der Waals surface area contributed by atoms with Gasteiger partial charge in [0.05, 0.1) is 10.7 Å². The maximum absolute atomic E-state index is 13.3. The fraction of sp³-hybridized carbons (Fsp3) is 0.267. The van der Waals surface area contributed by atoms with Gasteiger partial charge in [0.15, 0.2) is 6.04 Å². The molecule has 0 spiro atoms. The topological polar surface area (TPSA) is 79.3 Å². The molecule has 1 aromatic heterocycles. The minimum absolute atomic E-state index is 0.318. The number of benzene rings is 1. The van der Waals surface area contributed by atoms with Crippen LogP contribution in [-0.4, -0.2) is 22.0 Å². The molecule has 0 aliphatic heterocycles. The van der Waals surface area contributed by atoms with Crippen molar-refractivity contribution in [1.82, 2.24) is 10.3 Å². The van der Waals surface area contributed by atoms with Gasteiger partial charge in [-0.05, 0) is 38.0 Å². The van der Waals surface area contributed by atoms with Gasteiger partial charge in [0.25, 0.3) is 5.91 Å². The van der Waals surface area contributed by atoms with Crippen LogP contribution in [0.4, 0.5) is 4.39 Å². The van der Waals surface area contributed by atoms with E-state index in [2.05, 4.69) is 10.3 Å². The van der Waals surface area contributed by atoms with E-state index < -0.39 is 23.7 Å². The first-order chi connectivity index (χ1) is 10.3. The number of carbonyl (C=O) groups excluding carboxylic acids is 1. The predicted molar refractivity (Wildman–Crippen MR) is 80.6 cm³/mol. The number of halogens is 1. The fourth-order valence-electron chi connectivity index (χ4n) is 2.07. The monoisotopic (exact) mass is 322 g/mol. The second-order valence-electron chi connectivity index (χ2n) is 4.90. The van der Waals surface area contributed by atoms with Gasteiger partial charge in [0, 0.05) is 0 Å². The number of aliphatic carboxylic acids is 1. The highest BCUT2D eigenvalue weighted by atomic mass is 32.1. The van der Waals surface area contributed by atoms with Crippen molar-refractivity contribution >= 4 is 23.2 Å². The summed E-state index contributed by atoms with van der Waals surface area (Å²) in [4.78, 5) is 28.2. The summed E-state index contributed by atoms with van der Waals surface area (Å²) in [6, 6.07) is 2.72. The van der Waals surface area contributed by atoms with E-state index in [1.807, 2.05) is 0 Å².